The molecule has 12 nitrogen and oxygen atoms in total. The van der Waals surface area contributed by atoms with E-state index in [0.717, 1.165) is 0 Å². The summed E-state index contributed by atoms with van der Waals surface area (Å²) in [5, 5.41) is 9.56. The smallest absolute Gasteiger partial charge is 0.290 e. The van der Waals surface area contributed by atoms with Crippen LogP contribution < -0.4 is 21.3 Å². The van der Waals surface area contributed by atoms with Crippen molar-refractivity contribution in [2.45, 2.75) is 64.6 Å². The molecule has 0 aliphatic heterocycles. The van der Waals surface area contributed by atoms with E-state index in [-0.39, 0.29) is 19.5 Å². The van der Waals surface area contributed by atoms with Gasteiger partial charge in [-0.05, 0) is 25.3 Å². The summed E-state index contributed by atoms with van der Waals surface area (Å²) < 4.78 is 0. The predicted molar refractivity (Wildman–Crippen MR) is 138 cm³/mol. The zero-order valence-corrected chi connectivity index (χ0v) is 22.0. The number of nitrogens with zero attached hydrogens (tertiary/aromatic N) is 1. The molecule has 1 aromatic carbocycles. The number of hydrogen-bond donors (Lipinski definition) is 4. The fraction of sp³-hybridized carbons (Fsp3) is 0.500. The van der Waals surface area contributed by atoms with E-state index in [1.165, 1.54) is 4.90 Å². The van der Waals surface area contributed by atoms with Crippen molar-refractivity contribution in [1.82, 2.24) is 26.2 Å². The van der Waals surface area contributed by atoms with Gasteiger partial charge in [0, 0.05) is 6.54 Å². The Morgan fingerprint density at radius 1 is 0.895 bits per heavy atom. The molecule has 0 saturated carbocycles. The topological polar surface area (TPSA) is 171 Å². The van der Waals surface area contributed by atoms with Crippen LogP contribution in [0.4, 0.5) is 0 Å². The van der Waals surface area contributed by atoms with Crippen molar-refractivity contribution < 1.29 is 33.6 Å². The van der Waals surface area contributed by atoms with Gasteiger partial charge >= 0.3 is 0 Å². The van der Waals surface area contributed by atoms with Crippen LogP contribution in [0.1, 0.15) is 58.1 Å². The van der Waals surface area contributed by atoms with Crippen molar-refractivity contribution in [3.63, 3.8) is 0 Å². The Hall–Kier alpha value is -4.09. The normalized spacial score (nSPS) is 12.7. The second kappa shape index (κ2) is 17.4. The van der Waals surface area contributed by atoms with Crippen LogP contribution >= 0.6 is 0 Å². The maximum atomic E-state index is 13.1. The molecule has 0 aliphatic rings. The van der Waals surface area contributed by atoms with Gasteiger partial charge in [-0.3, -0.25) is 28.8 Å². The van der Waals surface area contributed by atoms with E-state index >= 15 is 0 Å². The third kappa shape index (κ3) is 10.1. The van der Waals surface area contributed by atoms with Crippen LogP contribution in [0.15, 0.2) is 30.3 Å². The minimum Gasteiger partial charge on any atom is -0.350 e. The zero-order chi connectivity index (χ0) is 28.5. The molecule has 0 aromatic heterocycles. The van der Waals surface area contributed by atoms with Crippen molar-refractivity contribution in [3.8, 4) is 0 Å². The zero-order valence-electron chi connectivity index (χ0n) is 22.0. The van der Waals surface area contributed by atoms with Crippen molar-refractivity contribution in [1.29, 1.82) is 0 Å². The highest BCUT2D eigenvalue weighted by Gasteiger charge is 2.32. The molecule has 0 aliphatic carbocycles. The minimum atomic E-state index is -1.16. The Kier molecular flexibility index (Phi) is 14.6. The number of rotatable bonds is 18. The lowest BCUT2D eigenvalue weighted by Gasteiger charge is -2.31. The summed E-state index contributed by atoms with van der Waals surface area (Å²) in [5.41, 5.74) is 0.562. The Morgan fingerprint density at radius 3 is 2.11 bits per heavy atom. The van der Waals surface area contributed by atoms with Gasteiger partial charge in [0.15, 0.2) is 0 Å². The fourth-order valence-corrected chi connectivity index (χ4v) is 3.82. The molecule has 5 amide bonds. The summed E-state index contributed by atoms with van der Waals surface area (Å²) in [4.78, 5) is 86.4. The number of aldehydes is 1. The number of ketones is 1. The average molecular weight is 532 g/mol. The molecule has 0 radical (unpaired) electrons. The Morgan fingerprint density at radius 2 is 1.55 bits per heavy atom. The summed E-state index contributed by atoms with van der Waals surface area (Å²) in [6.45, 7) is 4.68. The summed E-state index contributed by atoms with van der Waals surface area (Å²) in [7, 11) is 0. The minimum absolute atomic E-state index is 0.164. The monoisotopic (exact) mass is 531 g/mol. The van der Waals surface area contributed by atoms with Crippen LogP contribution in [0.5, 0.6) is 0 Å². The van der Waals surface area contributed by atoms with Crippen molar-refractivity contribution >= 4 is 42.1 Å². The highest BCUT2D eigenvalue weighted by Crippen LogP contribution is 2.11. The lowest BCUT2D eigenvalue weighted by molar-refractivity contribution is -0.143. The number of likely N-dealkylation sites (N-methyl/N-ethyl adjacent to an activating group) is 1. The van der Waals surface area contributed by atoms with Crippen molar-refractivity contribution in [2.75, 3.05) is 19.6 Å². The van der Waals surface area contributed by atoms with E-state index in [1.807, 2.05) is 6.92 Å². The molecule has 208 valence electrons. The van der Waals surface area contributed by atoms with E-state index in [9.17, 15) is 33.6 Å². The summed E-state index contributed by atoms with van der Waals surface area (Å²) in [6, 6.07) is 5.54. The summed E-state index contributed by atoms with van der Waals surface area (Å²) in [6.07, 6.45) is 2.45. The number of benzene rings is 1. The number of hydrogen-bond acceptors (Lipinski definition) is 7. The molecule has 1 aromatic rings. The summed E-state index contributed by atoms with van der Waals surface area (Å²) >= 11 is 0. The molecular formula is C26H37N5O7. The van der Waals surface area contributed by atoms with Gasteiger partial charge in [-0.2, -0.15) is 0 Å². The first-order valence-electron chi connectivity index (χ1n) is 12.6. The van der Waals surface area contributed by atoms with Crippen LogP contribution in [0, 0.1) is 0 Å². The third-order valence-electron chi connectivity index (χ3n) is 5.69. The Bertz CT molecular complexity index is 970. The third-order valence-corrected chi connectivity index (χ3v) is 5.69. The lowest BCUT2D eigenvalue weighted by atomic mass is 10.0. The SMILES string of the molecule is CCCC(NC(=O)C(CCC)N(CC)C(=O)CNC=O)C(=O)C(=O)NCC(=O)NC(C=O)c1ccccc1. The van der Waals surface area contributed by atoms with E-state index in [0.29, 0.717) is 37.5 Å². The van der Waals surface area contributed by atoms with Crippen LogP contribution in [0.2, 0.25) is 0 Å². The maximum absolute atomic E-state index is 13.1. The van der Waals surface area contributed by atoms with Crippen LogP contribution in [-0.2, 0) is 33.6 Å². The lowest BCUT2D eigenvalue weighted by Crippen LogP contribution is -2.56. The van der Waals surface area contributed by atoms with Gasteiger partial charge in [0.2, 0.25) is 29.9 Å². The molecule has 0 saturated heterocycles. The molecule has 0 bridgehead atoms. The maximum Gasteiger partial charge on any atom is 0.290 e. The molecule has 1 rings (SSSR count). The molecule has 0 spiro atoms. The average Bonchev–Trinajstić information content (AvgIpc) is 2.93. The van der Waals surface area contributed by atoms with Gasteiger partial charge in [0.05, 0.1) is 19.1 Å². The molecule has 12 heteroatoms. The van der Waals surface area contributed by atoms with Gasteiger partial charge in [-0.15, -0.1) is 0 Å². The molecule has 38 heavy (non-hydrogen) atoms. The standard InChI is InChI=1S/C26H37N5O7/c1-4-10-19(30-25(37)21(11-5-2)31(6-3)23(35)15-27-17-33)24(36)26(38)28-14-22(34)29-20(16-32)18-12-8-7-9-13-18/h7-9,12-13,16-17,19-21H,4-6,10-11,14-15H2,1-3H3,(H,27,33)(H,28,38)(H,29,34)(H,30,37). The fourth-order valence-electron chi connectivity index (χ4n) is 3.82. The highest BCUT2D eigenvalue weighted by atomic mass is 16.2. The summed E-state index contributed by atoms with van der Waals surface area (Å²) in [5.74, 6) is -3.73. The first-order chi connectivity index (χ1) is 18.2. The molecule has 0 heterocycles. The van der Waals surface area contributed by atoms with Gasteiger partial charge in [0.25, 0.3) is 5.91 Å². The largest absolute Gasteiger partial charge is 0.350 e. The number of nitrogens with one attached hydrogen (secondary N) is 4. The van der Waals surface area contributed by atoms with E-state index in [2.05, 4.69) is 21.3 Å². The molecular weight excluding hydrogens is 494 g/mol. The van der Waals surface area contributed by atoms with Gasteiger partial charge in [0.1, 0.15) is 18.4 Å². The van der Waals surface area contributed by atoms with E-state index in [4.69, 9.17) is 0 Å². The second-order valence-electron chi connectivity index (χ2n) is 8.47. The number of amides is 5. The van der Waals surface area contributed by atoms with Crippen molar-refractivity contribution in [2.24, 2.45) is 0 Å². The second-order valence-corrected chi connectivity index (χ2v) is 8.47. The van der Waals surface area contributed by atoms with E-state index < -0.39 is 54.1 Å². The van der Waals surface area contributed by atoms with E-state index in [1.54, 1.807) is 44.2 Å². The van der Waals surface area contributed by atoms with Crippen LogP contribution in [0.25, 0.3) is 0 Å². The van der Waals surface area contributed by atoms with Gasteiger partial charge in [-0.1, -0.05) is 57.0 Å². The van der Waals surface area contributed by atoms with Crippen molar-refractivity contribution in [3.05, 3.63) is 35.9 Å². The predicted octanol–water partition coefficient (Wildman–Crippen LogP) is -0.224. The molecule has 0 fully saturated rings. The number of carbonyl (C=O) groups is 7. The quantitative estimate of drug-likeness (QED) is 0.150. The Labute approximate surface area is 222 Å². The number of Topliss-reactive ketones (excluding diaryl/α,β-unsaturated/α-hetero) is 1. The van der Waals surface area contributed by atoms with Gasteiger partial charge < -0.3 is 31.0 Å². The van der Waals surface area contributed by atoms with Crippen LogP contribution in [0.3, 0.4) is 0 Å². The van der Waals surface area contributed by atoms with Gasteiger partial charge in [-0.25, -0.2) is 0 Å². The molecule has 3 atom stereocenters. The first kappa shape index (κ1) is 31.9. The molecule has 3 unspecified atom stereocenters. The van der Waals surface area contributed by atoms with Crippen LogP contribution in [-0.4, -0.2) is 78.7 Å². The first-order valence-corrected chi connectivity index (χ1v) is 12.6. The highest BCUT2D eigenvalue weighted by molar-refractivity contribution is 6.38. The Balaban J connectivity index is 2.83. The number of carbonyl (C=O) groups excluding carboxylic acids is 7. The molecule has 4 N–H and O–H groups in total.